The van der Waals surface area contributed by atoms with Crippen LogP contribution in [0, 0.1) is 0 Å². The van der Waals surface area contributed by atoms with E-state index in [1.54, 1.807) is 31.2 Å². The van der Waals surface area contributed by atoms with Crippen molar-refractivity contribution in [3.05, 3.63) is 40.4 Å². The minimum Gasteiger partial charge on any atom is -0.463 e. The molecule has 1 aromatic carbocycles. The van der Waals surface area contributed by atoms with Crippen molar-refractivity contribution in [3.8, 4) is 0 Å². The van der Waals surface area contributed by atoms with E-state index >= 15 is 0 Å². The summed E-state index contributed by atoms with van der Waals surface area (Å²) in [5, 5.41) is 3.45. The first-order valence-electron chi connectivity index (χ1n) is 6.87. The van der Waals surface area contributed by atoms with Gasteiger partial charge in [0, 0.05) is 0 Å². The summed E-state index contributed by atoms with van der Waals surface area (Å²) in [5.74, 6) is -0.991. The fraction of sp³-hybridized carbons (Fsp3) is 0.267. The predicted molar refractivity (Wildman–Crippen MR) is 89.0 cm³/mol. The maximum atomic E-state index is 12.1. The molecule has 2 amide bonds. The Morgan fingerprint density at radius 1 is 1.43 bits per heavy atom. The number of para-hydroxylation sites is 1. The van der Waals surface area contributed by atoms with Crippen molar-refractivity contribution in [1.29, 1.82) is 0 Å². The Balaban J connectivity index is 2.04. The van der Waals surface area contributed by atoms with Gasteiger partial charge in [0.25, 0.3) is 0 Å². The fourth-order valence-corrected chi connectivity index (χ4v) is 2.99. The molecule has 0 radical (unpaired) electrons. The zero-order chi connectivity index (χ0) is 16.8. The van der Waals surface area contributed by atoms with Crippen molar-refractivity contribution in [2.75, 3.05) is 24.2 Å². The van der Waals surface area contributed by atoms with Gasteiger partial charge in [-0.1, -0.05) is 35.5 Å². The predicted octanol–water partition coefficient (Wildman–Crippen LogP) is 2.26. The third kappa shape index (κ3) is 4.74. The normalized spacial score (nSPS) is 15.8. The molecule has 2 rings (SSSR count). The third-order valence-corrected chi connectivity index (χ3v) is 4.24. The Labute approximate surface area is 142 Å². The Kier molecular flexibility index (Phi) is 6.06. The molecule has 1 aliphatic rings. The van der Waals surface area contributed by atoms with Crippen LogP contribution in [-0.2, 0) is 19.1 Å². The monoisotopic (exact) mass is 354 g/mol. The number of nitrogens with one attached hydrogen (secondary N) is 1. The lowest BCUT2D eigenvalue weighted by Gasteiger charge is -2.16. The average molecular weight is 355 g/mol. The van der Waals surface area contributed by atoms with E-state index in [0.29, 0.717) is 15.7 Å². The van der Waals surface area contributed by atoms with Crippen LogP contribution < -0.4 is 5.32 Å². The maximum absolute atomic E-state index is 12.1. The van der Waals surface area contributed by atoms with Gasteiger partial charge in [-0.15, -0.1) is 0 Å². The zero-order valence-electron chi connectivity index (χ0n) is 12.4. The molecule has 1 aliphatic heterocycles. The molecule has 0 spiro atoms. The molecule has 1 fully saturated rings. The quantitative estimate of drug-likeness (QED) is 0.648. The van der Waals surface area contributed by atoms with Crippen molar-refractivity contribution in [1.82, 2.24) is 4.90 Å². The number of anilines is 1. The van der Waals surface area contributed by atoms with Crippen LogP contribution in [0.4, 0.5) is 5.69 Å². The molecule has 0 saturated carbocycles. The van der Waals surface area contributed by atoms with E-state index in [1.165, 1.54) is 22.7 Å². The minimum atomic E-state index is -0.541. The molecule has 1 aromatic rings. The number of rotatable bonds is 5. The second-order valence-electron chi connectivity index (χ2n) is 4.53. The van der Waals surface area contributed by atoms with Gasteiger partial charge >= 0.3 is 5.97 Å². The number of benzene rings is 1. The van der Waals surface area contributed by atoms with Gasteiger partial charge in [0.05, 0.1) is 34.2 Å². The summed E-state index contributed by atoms with van der Waals surface area (Å²) < 4.78 is 4.82. The summed E-state index contributed by atoms with van der Waals surface area (Å²) in [7, 11) is 0. The third-order valence-electron chi connectivity index (χ3n) is 2.89. The lowest BCUT2D eigenvalue weighted by Crippen LogP contribution is -2.34. The van der Waals surface area contributed by atoms with Gasteiger partial charge in [-0.2, -0.15) is 0 Å². The van der Waals surface area contributed by atoms with Crippen LogP contribution in [0.2, 0.25) is 5.02 Å². The number of thioether (sulfide) groups is 1. The van der Waals surface area contributed by atoms with Crippen molar-refractivity contribution < 1.29 is 19.1 Å². The summed E-state index contributed by atoms with van der Waals surface area (Å²) in [6.45, 7) is 1.74. The molecule has 0 bridgehead atoms. The summed E-state index contributed by atoms with van der Waals surface area (Å²) in [4.78, 5) is 36.8. The highest BCUT2D eigenvalue weighted by molar-refractivity contribution is 8.04. The van der Waals surface area contributed by atoms with Crippen LogP contribution in [0.15, 0.2) is 35.4 Å². The van der Waals surface area contributed by atoms with Crippen molar-refractivity contribution >= 4 is 46.8 Å². The Hall–Kier alpha value is -1.99. The first-order valence-corrected chi connectivity index (χ1v) is 8.23. The van der Waals surface area contributed by atoms with E-state index in [1.807, 2.05) is 0 Å². The Morgan fingerprint density at radius 3 is 2.87 bits per heavy atom. The van der Waals surface area contributed by atoms with Gasteiger partial charge in [-0.25, -0.2) is 4.79 Å². The molecule has 0 unspecified atom stereocenters. The summed E-state index contributed by atoms with van der Waals surface area (Å²) >= 11 is 7.17. The number of esters is 1. The highest BCUT2D eigenvalue weighted by Crippen LogP contribution is 2.29. The topological polar surface area (TPSA) is 75.7 Å². The van der Waals surface area contributed by atoms with Gasteiger partial charge in [0.1, 0.15) is 6.54 Å². The highest BCUT2D eigenvalue weighted by atomic mass is 35.5. The molecule has 122 valence electrons. The molecule has 6 nitrogen and oxygen atoms in total. The van der Waals surface area contributed by atoms with Crippen LogP contribution in [0.1, 0.15) is 6.92 Å². The zero-order valence-corrected chi connectivity index (χ0v) is 13.9. The number of hydrogen-bond donors (Lipinski definition) is 1. The number of carbonyl (C=O) groups excluding carboxylic acids is 3. The maximum Gasteiger partial charge on any atom is 0.333 e. The van der Waals surface area contributed by atoms with Gasteiger partial charge in [-0.05, 0) is 19.1 Å². The second kappa shape index (κ2) is 8.03. The molecule has 8 heteroatoms. The highest BCUT2D eigenvalue weighted by Gasteiger charge is 2.29. The molecular formula is C15H15ClN2O4S. The van der Waals surface area contributed by atoms with E-state index in [4.69, 9.17) is 16.3 Å². The van der Waals surface area contributed by atoms with Crippen LogP contribution in [-0.4, -0.2) is 41.6 Å². The van der Waals surface area contributed by atoms with E-state index in [9.17, 15) is 14.4 Å². The van der Waals surface area contributed by atoms with Crippen molar-refractivity contribution in [2.24, 2.45) is 0 Å². The van der Waals surface area contributed by atoms with Gasteiger partial charge in [-0.3, -0.25) is 14.5 Å². The fourth-order valence-electron chi connectivity index (χ4n) is 1.88. The number of carbonyl (C=O) groups is 3. The lowest BCUT2D eigenvalue weighted by molar-refractivity contribution is -0.137. The number of amides is 2. The van der Waals surface area contributed by atoms with Gasteiger partial charge < -0.3 is 10.1 Å². The first kappa shape index (κ1) is 17.4. The summed E-state index contributed by atoms with van der Waals surface area (Å²) in [6.07, 6.45) is 1.22. The van der Waals surface area contributed by atoms with E-state index < -0.39 is 11.9 Å². The lowest BCUT2D eigenvalue weighted by atomic mass is 10.3. The van der Waals surface area contributed by atoms with Gasteiger partial charge in [0.2, 0.25) is 11.8 Å². The summed E-state index contributed by atoms with van der Waals surface area (Å²) in [5.41, 5.74) is 0.467. The van der Waals surface area contributed by atoms with E-state index in [-0.39, 0.29) is 24.8 Å². The molecule has 23 heavy (non-hydrogen) atoms. The smallest absolute Gasteiger partial charge is 0.333 e. The molecule has 1 heterocycles. The standard InChI is InChI=1S/C15H15ClN2O4S/c1-2-22-15(21)7-14-18(13(20)9-23-14)8-12(19)17-11-6-4-3-5-10(11)16/h3-7H,2,8-9H2,1H3,(H,17,19)/b14-7+. The number of hydrogen-bond acceptors (Lipinski definition) is 5. The van der Waals surface area contributed by atoms with E-state index in [0.717, 1.165) is 0 Å². The summed E-state index contributed by atoms with van der Waals surface area (Å²) in [6, 6.07) is 6.81. The Bertz CT molecular complexity index is 663. The second-order valence-corrected chi connectivity index (χ2v) is 5.93. The van der Waals surface area contributed by atoms with E-state index in [2.05, 4.69) is 5.32 Å². The van der Waals surface area contributed by atoms with Crippen molar-refractivity contribution in [2.45, 2.75) is 6.92 Å². The molecule has 1 saturated heterocycles. The van der Waals surface area contributed by atoms with Crippen molar-refractivity contribution in [3.63, 3.8) is 0 Å². The first-order chi connectivity index (χ1) is 11.0. The molecular weight excluding hydrogens is 340 g/mol. The molecule has 0 atom stereocenters. The molecule has 0 aromatic heterocycles. The van der Waals surface area contributed by atoms with Crippen LogP contribution >= 0.6 is 23.4 Å². The number of nitrogens with zero attached hydrogens (tertiary/aromatic N) is 1. The number of ether oxygens (including phenoxy) is 1. The molecule has 1 N–H and O–H groups in total. The molecule has 0 aliphatic carbocycles. The average Bonchev–Trinajstić information content (AvgIpc) is 2.83. The number of halogens is 1. The van der Waals surface area contributed by atoms with Crippen LogP contribution in [0.5, 0.6) is 0 Å². The SMILES string of the molecule is CCOC(=O)/C=C1/SCC(=O)N1CC(=O)Nc1ccccc1Cl. The van der Waals surface area contributed by atoms with Gasteiger partial charge in [0.15, 0.2) is 0 Å². The Morgan fingerprint density at radius 2 is 2.17 bits per heavy atom. The largest absolute Gasteiger partial charge is 0.463 e. The minimum absolute atomic E-state index is 0.185. The van der Waals surface area contributed by atoms with Crippen LogP contribution in [0.3, 0.4) is 0 Å². The van der Waals surface area contributed by atoms with Crippen LogP contribution in [0.25, 0.3) is 0 Å².